The van der Waals surface area contributed by atoms with E-state index in [1.54, 1.807) is 29.8 Å². The molecule has 0 radical (unpaired) electrons. The van der Waals surface area contributed by atoms with Crippen molar-refractivity contribution in [1.82, 2.24) is 15.3 Å². The van der Waals surface area contributed by atoms with Gasteiger partial charge in [-0.15, -0.1) is 11.3 Å². The van der Waals surface area contributed by atoms with Gasteiger partial charge in [0.05, 0.1) is 10.4 Å². The fraction of sp³-hybridized carbons (Fsp3) is 0.167. The Morgan fingerprint density at radius 1 is 1.12 bits per heavy atom. The van der Waals surface area contributed by atoms with Crippen LogP contribution in [0.4, 0.5) is 0 Å². The first-order chi connectivity index (χ1) is 15.8. The number of carboxylic acid groups (broad SMARTS) is 1. The summed E-state index contributed by atoms with van der Waals surface area (Å²) in [4.78, 5) is 34.3. The Hall–Kier alpha value is -3.49. The third-order valence-corrected chi connectivity index (χ3v) is 6.16. The molecule has 9 heteroatoms. The highest BCUT2D eigenvalue weighted by molar-refractivity contribution is 7.13. The van der Waals surface area contributed by atoms with E-state index in [1.165, 1.54) is 19.9 Å². The molecule has 0 bridgehead atoms. The smallest absolute Gasteiger partial charge is 0.328 e. The highest BCUT2D eigenvalue weighted by Crippen LogP contribution is 2.36. The molecule has 0 aliphatic heterocycles. The van der Waals surface area contributed by atoms with E-state index in [9.17, 15) is 14.7 Å². The number of halogens is 1. The maximum Gasteiger partial charge on any atom is 0.328 e. The SMILES string of the molecule is CC(C)(NC(=O)c1cc(Cl)c2ccccc2c1OCc1cnc(-c2cccs2)nc1)C(=O)O. The summed E-state index contributed by atoms with van der Waals surface area (Å²) in [5.41, 5.74) is -0.617. The third-order valence-electron chi connectivity index (χ3n) is 4.98. The summed E-state index contributed by atoms with van der Waals surface area (Å²) >= 11 is 7.98. The van der Waals surface area contributed by atoms with Crippen LogP contribution in [-0.4, -0.2) is 32.5 Å². The zero-order valence-corrected chi connectivity index (χ0v) is 19.4. The molecule has 4 rings (SSSR count). The Kier molecular flexibility index (Phi) is 6.31. The number of aromatic nitrogens is 2. The van der Waals surface area contributed by atoms with Crippen LogP contribution in [0.1, 0.15) is 29.8 Å². The van der Waals surface area contributed by atoms with Crippen molar-refractivity contribution < 1.29 is 19.4 Å². The molecule has 0 spiro atoms. The van der Waals surface area contributed by atoms with Gasteiger partial charge in [0, 0.05) is 33.8 Å². The minimum atomic E-state index is -1.47. The van der Waals surface area contributed by atoms with Crippen molar-refractivity contribution >= 4 is 45.6 Å². The molecule has 0 unspecified atom stereocenters. The van der Waals surface area contributed by atoms with Gasteiger partial charge in [-0.05, 0) is 31.4 Å². The van der Waals surface area contributed by atoms with E-state index in [0.29, 0.717) is 32.9 Å². The van der Waals surface area contributed by atoms with Gasteiger partial charge < -0.3 is 15.2 Å². The number of carbonyl (C=O) groups is 2. The summed E-state index contributed by atoms with van der Waals surface area (Å²) in [6.07, 6.45) is 3.35. The number of thiophene rings is 1. The lowest BCUT2D eigenvalue weighted by molar-refractivity contribution is -0.143. The lowest BCUT2D eigenvalue weighted by Crippen LogP contribution is -2.49. The van der Waals surface area contributed by atoms with Crippen molar-refractivity contribution in [3.8, 4) is 16.5 Å². The fourth-order valence-corrected chi connectivity index (χ4v) is 4.10. The summed E-state index contributed by atoms with van der Waals surface area (Å²) in [6, 6.07) is 12.6. The van der Waals surface area contributed by atoms with Crippen LogP contribution >= 0.6 is 22.9 Å². The zero-order valence-electron chi connectivity index (χ0n) is 17.8. The van der Waals surface area contributed by atoms with Crippen LogP contribution in [0, 0.1) is 0 Å². The van der Waals surface area contributed by atoms with Gasteiger partial charge in [-0.25, -0.2) is 14.8 Å². The maximum atomic E-state index is 13.0. The second-order valence-corrected chi connectivity index (χ2v) is 9.20. The highest BCUT2D eigenvalue weighted by Gasteiger charge is 2.31. The summed E-state index contributed by atoms with van der Waals surface area (Å²) in [5, 5.41) is 15.6. The molecule has 0 aliphatic rings. The summed E-state index contributed by atoms with van der Waals surface area (Å²) < 4.78 is 6.07. The largest absolute Gasteiger partial charge is 0.487 e. The first-order valence-electron chi connectivity index (χ1n) is 10.0. The number of ether oxygens (including phenoxy) is 1. The van der Waals surface area contributed by atoms with Gasteiger partial charge in [-0.3, -0.25) is 4.79 Å². The number of fused-ring (bicyclic) bond motifs is 1. The first kappa shape index (κ1) is 22.7. The topological polar surface area (TPSA) is 101 Å². The molecule has 4 aromatic rings. The second-order valence-electron chi connectivity index (χ2n) is 7.85. The van der Waals surface area contributed by atoms with E-state index in [4.69, 9.17) is 16.3 Å². The molecular weight excluding hydrogens is 462 g/mol. The molecule has 0 saturated heterocycles. The van der Waals surface area contributed by atoms with Crippen LogP contribution < -0.4 is 10.1 Å². The molecule has 0 fully saturated rings. The molecule has 2 aromatic carbocycles. The molecule has 0 atom stereocenters. The highest BCUT2D eigenvalue weighted by atomic mass is 35.5. The molecule has 2 N–H and O–H groups in total. The van der Waals surface area contributed by atoms with E-state index in [2.05, 4.69) is 15.3 Å². The molecular formula is C24H20ClN3O4S. The number of hydrogen-bond donors (Lipinski definition) is 2. The van der Waals surface area contributed by atoms with Crippen molar-refractivity contribution in [1.29, 1.82) is 0 Å². The van der Waals surface area contributed by atoms with E-state index in [0.717, 1.165) is 4.88 Å². The van der Waals surface area contributed by atoms with Crippen LogP contribution in [0.5, 0.6) is 5.75 Å². The number of nitrogens with one attached hydrogen (secondary N) is 1. The number of amides is 1. The lowest BCUT2D eigenvalue weighted by Gasteiger charge is -2.22. The Morgan fingerprint density at radius 2 is 1.82 bits per heavy atom. The fourth-order valence-electron chi connectivity index (χ4n) is 3.15. The van der Waals surface area contributed by atoms with Crippen LogP contribution in [0.15, 0.2) is 60.2 Å². The normalized spacial score (nSPS) is 11.4. The van der Waals surface area contributed by atoms with E-state index in [-0.39, 0.29) is 12.2 Å². The van der Waals surface area contributed by atoms with E-state index in [1.807, 2.05) is 35.7 Å². The van der Waals surface area contributed by atoms with Crippen LogP contribution in [-0.2, 0) is 11.4 Å². The van der Waals surface area contributed by atoms with Crippen molar-refractivity contribution in [2.45, 2.75) is 26.0 Å². The number of rotatable bonds is 7. The number of carbonyl (C=O) groups excluding carboxylic acids is 1. The van der Waals surface area contributed by atoms with E-state index < -0.39 is 17.4 Å². The van der Waals surface area contributed by atoms with Gasteiger partial charge in [-0.2, -0.15) is 0 Å². The van der Waals surface area contributed by atoms with Gasteiger partial charge in [0.25, 0.3) is 5.91 Å². The molecule has 2 heterocycles. The van der Waals surface area contributed by atoms with Gasteiger partial charge in [0.1, 0.15) is 17.9 Å². The number of nitrogens with zero attached hydrogens (tertiary/aromatic N) is 2. The number of aliphatic carboxylic acids is 1. The molecule has 7 nitrogen and oxygen atoms in total. The molecule has 33 heavy (non-hydrogen) atoms. The zero-order chi connectivity index (χ0) is 23.6. The standard InChI is InChI=1S/C24H20ClN3O4S/c1-24(2,23(30)31)28-22(29)17-10-18(25)15-6-3-4-7-16(15)20(17)32-13-14-11-26-21(27-12-14)19-8-5-9-33-19/h3-12H,13H2,1-2H3,(H,28,29)(H,30,31). The van der Waals surface area contributed by atoms with Crippen LogP contribution in [0.25, 0.3) is 21.5 Å². The van der Waals surface area contributed by atoms with Crippen molar-refractivity contribution in [2.75, 3.05) is 0 Å². The minimum Gasteiger partial charge on any atom is -0.487 e. The summed E-state index contributed by atoms with van der Waals surface area (Å²) in [7, 11) is 0. The first-order valence-corrected chi connectivity index (χ1v) is 11.3. The Labute approximate surface area is 199 Å². The quantitative estimate of drug-likeness (QED) is 0.377. The van der Waals surface area contributed by atoms with Crippen molar-refractivity contribution in [2.24, 2.45) is 0 Å². The second kappa shape index (κ2) is 9.17. The lowest BCUT2D eigenvalue weighted by atomic mass is 10.0. The molecule has 1 amide bonds. The Bertz CT molecular complexity index is 1320. The Balaban J connectivity index is 1.66. The minimum absolute atomic E-state index is 0.110. The number of benzene rings is 2. The number of carboxylic acids is 1. The number of hydrogen-bond acceptors (Lipinski definition) is 6. The summed E-state index contributed by atoms with van der Waals surface area (Å²) in [6.45, 7) is 2.92. The Morgan fingerprint density at radius 3 is 2.45 bits per heavy atom. The molecule has 168 valence electrons. The third kappa shape index (κ3) is 4.81. The predicted octanol–water partition coefficient (Wildman–Crippen LogP) is 5.18. The van der Waals surface area contributed by atoms with Gasteiger partial charge in [-0.1, -0.05) is 41.9 Å². The van der Waals surface area contributed by atoms with E-state index >= 15 is 0 Å². The van der Waals surface area contributed by atoms with Gasteiger partial charge in [0.15, 0.2) is 5.82 Å². The average molecular weight is 482 g/mol. The van der Waals surface area contributed by atoms with Gasteiger partial charge >= 0.3 is 5.97 Å². The predicted molar refractivity (Wildman–Crippen MR) is 128 cm³/mol. The molecule has 0 saturated carbocycles. The summed E-state index contributed by atoms with van der Waals surface area (Å²) in [5.74, 6) is -0.833. The monoisotopic (exact) mass is 481 g/mol. The molecule has 2 aromatic heterocycles. The van der Waals surface area contributed by atoms with Crippen molar-refractivity contribution in [3.63, 3.8) is 0 Å². The van der Waals surface area contributed by atoms with Crippen LogP contribution in [0.3, 0.4) is 0 Å². The maximum absolute atomic E-state index is 13.0. The molecule has 0 aliphatic carbocycles. The van der Waals surface area contributed by atoms with Crippen LogP contribution in [0.2, 0.25) is 5.02 Å². The van der Waals surface area contributed by atoms with Gasteiger partial charge in [0.2, 0.25) is 0 Å². The van der Waals surface area contributed by atoms with Crippen molar-refractivity contribution in [3.05, 3.63) is 76.4 Å². The average Bonchev–Trinajstić information content (AvgIpc) is 3.33.